The van der Waals surface area contributed by atoms with Crippen molar-refractivity contribution in [1.82, 2.24) is 0 Å². The number of alkyl halides is 3. The highest BCUT2D eigenvalue weighted by Crippen LogP contribution is 2.38. The average molecular weight is 243 g/mol. The van der Waals surface area contributed by atoms with Crippen LogP contribution in [0.4, 0.5) is 13.2 Å². The van der Waals surface area contributed by atoms with E-state index in [9.17, 15) is 13.2 Å². The smallest absolute Gasteiger partial charge is 0.296 e. The van der Waals surface area contributed by atoms with Crippen molar-refractivity contribution in [3.63, 3.8) is 0 Å². The van der Waals surface area contributed by atoms with Gasteiger partial charge >= 0.3 is 6.18 Å². The van der Waals surface area contributed by atoms with Gasteiger partial charge in [-0.05, 0) is 29.8 Å². The molecule has 0 saturated heterocycles. The molecule has 0 aliphatic heterocycles. The number of rotatable bonds is 2. The molecular formula is C11H8F3NS. The third kappa shape index (κ3) is 2.09. The highest BCUT2D eigenvalue weighted by Gasteiger charge is 2.32. The summed E-state index contributed by atoms with van der Waals surface area (Å²) in [7, 11) is 0. The molecule has 5 heteroatoms. The zero-order valence-electron chi connectivity index (χ0n) is 8.21. The molecule has 0 radical (unpaired) electrons. The number of hydrogen-bond acceptors (Lipinski definition) is 2. The molecule has 1 nitrogen and oxygen atoms in total. The van der Waals surface area contributed by atoms with Crippen LogP contribution in [0.15, 0.2) is 29.3 Å². The van der Waals surface area contributed by atoms with E-state index in [-0.39, 0.29) is 0 Å². The first-order chi connectivity index (χ1) is 7.50. The minimum atomic E-state index is -4.26. The van der Waals surface area contributed by atoms with Crippen LogP contribution >= 0.6 is 11.3 Å². The number of hydrogen-bond donors (Lipinski definition) is 0. The van der Waals surface area contributed by atoms with Gasteiger partial charge in [-0.1, -0.05) is 12.1 Å². The van der Waals surface area contributed by atoms with Crippen molar-refractivity contribution >= 4 is 28.1 Å². The first kappa shape index (κ1) is 11.1. The van der Waals surface area contributed by atoms with E-state index in [4.69, 9.17) is 0 Å². The lowest BCUT2D eigenvalue weighted by molar-refractivity contribution is -0.134. The van der Waals surface area contributed by atoms with Crippen LogP contribution < -0.4 is 0 Å². The zero-order chi connectivity index (χ0) is 11.8. The van der Waals surface area contributed by atoms with Crippen molar-refractivity contribution in [2.24, 2.45) is 4.99 Å². The number of thiophene rings is 1. The molecule has 0 aliphatic carbocycles. The van der Waals surface area contributed by atoms with Crippen LogP contribution in [0.1, 0.15) is 10.4 Å². The summed E-state index contributed by atoms with van der Waals surface area (Å²) in [6.07, 6.45) is -4.26. The van der Waals surface area contributed by atoms with Crippen molar-refractivity contribution < 1.29 is 13.2 Å². The monoisotopic (exact) mass is 243 g/mol. The second-order valence-electron chi connectivity index (χ2n) is 3.36. The van der Waals surface area contributed by atoms with Gasteiger partial charge in [-0.2, -0.15) is 13.2 Å². The lowest BCUT2D eigenvalue weighted by Gasteiger charge is -1.99. The Hall–Kier alpha value is -1.36. The summed E-state index contributed by atoms with van der Waals surface area (Å²) in [6, 6.07) is 6.35. The van der Waals surface area contributed by atoms with Crippen LogP contribution in [0.5, 0.6) is 0 Å². The van der Waals surface area contributed by atoms with Crippen LogP contribution in [0.25, 0.3) is 10.1 Å². The van der Waals surface area contributed by atoms with E-state index in [1.54, 1.807) is 18.2 Å². The summed E-state index contributed by atoms with van der Waals surface area (Å²) in [4.78, 5) is 3.14. The Bertz CT molecular complexity index is 527. The molecule has 1 aromatic heterocycles. The van der Waals surface area contributed by atoms with Gasteiger partial charge in [0.1, 0.15) is 4.88 Å². The van der Waals surface area contributed by atoms with E-state index in [2.05, 4.69) is 11.7 Å². The highest BCUT2D eigenvalue weighted by molar-refractivity contribution is 7.19. The van der Waals surface area contributed by atoms with Crippen molar-refractivity contribution in [2.75, 3.05) is 0 Å². The van der Waals surface area contributed by atoms with Gasteiger partial charge in [0, 0.05) is 4.70 Å². The van der Waals surface area contributed by atoms with Gasteiger partial charge in [-0.15, -0.1) is 11.3 Å². The number of fused-ring (bicyclic) bond motifs is 1. The molecule has 0 saturated carbocycles. The quantitative estimate of drug-likeness (QED) is 0.703. The molecular weight excluding hydrogens is 235 g/mol. The van der Waals surface area contributed by atoms with Crippen LogP contribution in [0, 0.1) is 0 Å². The van der Waals surface area contributed by atoms with Crippen molar-refractivity contribution in [1.29, 1.82) is 0 Å². The molecule has 1 heterocycles. The molecule has 0 N–H and O–H groups in total. The van der Waals surface area contributed by atoms with Crippen LogP contribution in [0.3, 0.4) is 0 Å². The maximum Gasteiger partial charge on any atom is 0.425 e. The standard InChI is InChI=1S/C11H8F3NS/c1-15-6-7-2-3-8-5-10(11(12,13)14)16-9(8)4-7/h2-5H,1,6H2. The van der Waals surface area contributed by atoms with Crippen molar-refractivity contribution in [2.45, 2.75) is 12.7 Å². The Balaban J connectivity index is 2.50. The summed E-state index contributed by atoms with van der Waals surface area (Å²) < 4.78 is 38.0. The first-order valence-corrected chi connectivity index (χ1v) is 5.34. The molecule has 0 spiro atoms. The Morgan fingerprint density at radius 2 is 2.00 bits per heavy atom. The van der Waals surface area contributed by atoms with E-state index in [1.807, 2.05) is 0 Å². The molecule has 1 aromatic carbocycles. The van der Waals surface area contributed by atoms with Gasteiger partial charge in [0.05, 0.1) is 6.54 Å². The summed E-state index contributed by atoms with van der Waals surface area (Å²) in [5.41, 5.74) is 0.873. The van der Waals surface area contributed by atoms with Crippen molar-refractivity contribution in [3.05, 3.63) is 34.7 Å². The molecule has 2 rings (SSSR count). The van der Waals surface area contributed by atoms with Gasteiger partial charge in [-0.25, -0.2) is 0 Å². The second kappa shape index (κ2) is 3.90. The summed E-state index contributed by atoms with van der Waals surface area (Å²) >= 11 is 0.757. The van der Waals surface area contributed by atoms with Crippen molar-refractivity contribution in [3.8, 4) is 0 Å². The highest BCUT2D eigenvalue weighted by atomic mass is 32.1. The minimum Gasteiger partial charge on any atom is -0.296 e. The predicted molar refractivity (Wildman–Crippen MR) is 60.1 cm³/mol. The maximum absolute atomic E-state index is 12.5. The largest absolute Gasteiger partial charge is 0.425 e. The molecule has 0 unspecified atom stereocenters. The molecule has 0 atom stereocenters. The van der Waals surface area contributed by atoms with E-state index < -0.39 is 11.1 Å². The molecule has 84 valence electrons. The lowest BCUT2D eigenvalue weighted by atomic mass is 10.2. The predicted octanol–water partition coefficient (Wildman–Crippen LogP) is 4.12. The fourth-order valence-corrected chi connectivity index (χ4v) is 2.44. The molecule has 0 fully saturated rings. The van der Waals surface area contributed by atoms with Crippen LogP contribution in [-0.4, -0.2) is 6.72 Å². The Morgan fingerprint density at radius 1 is 1.25 bits per heavy atom. The van der Waals surface area contributed by atoms with Gasteiger partial charge in [-0.3, -0.25) is 4.99 Å². The fraction of sp³-hybridized carbons (Fsp3) is 0.182. The molecule has 0 bridgehead atoms. The van der Waals surface area contributed by atoms with Gasteiger partial charge < -0.3 is 0 Å². The first-order valence-electron chi connectivity index (χ1n) is 4.53. The Labute approximate surface area is 94.2 Å². The Morgan fingerprint density at radius 3 is 2.62 bits per heavy atom. The minimum absolute atomic E-state index is 0.426. The molecule has 0 aliphatic rings. The lowest BCUT2D eigenvalue weighted by Crippen LogP contribution is -2.00. The number of nitrogens with zero attached hydrogens (tertiary/aromatic N) is 1. The Kier molecular flexibility index (Phi) is 2.71. The summed E-state index contributed by atoms with van der Waals surface area (Å²) in [5, 5.41) is 0.616. The number of aliphatic imine (C=N–C) groups is 1. The average Bonchev–Trinajstić information content (AvgIpc) is 2.60. The van der Waals surface area contributed by atoms with Crippen LogP contribution in [-0.2, 0) is 12.7 Å². The van der Waals surface area contributed by atoms with E-state index in [1.165, 1.54) is 6.07 Å². The summed E-state index contributed by atoms with van der Waals surface area (Å²) in [6.45, 7) is 3.78. The maximum atomic E-state index is 12.5. The van der Waals surface area contributed by atoms with E-state index in [0.717, 1.165) is 16.9 Å². The normalized spacial score (nSPS) is 11.9. The SMILES string of the molecule is C=NCc1ccc2cc(C(F)(F)F)sc2c1. The topological polar surface area (TPSA) is 12.4 Å². The molecule has 2 aromatic rings. The summed E-state index contributed by atoms with van der Waals surface area (Å²) in [5.74, 6) is 0. The molecule has 16 heavy (non-hydrogen) atoms. The third-order valence-electron chi connectivity index (χ3n) is 2.16. The van der Waals surface area contributed by atoms with Gasteiger partial charge in [0.25, 0.3) is 0 Å². The fourth-order valence-electron chi connectivity index (χ4n) is 1.44. The van der Waals surface area contributed by atoms with Crippen LogP contribution in [0.2, 0.25) is 0 Å². The number of benzene rings is 1. The van der Waals surface area contributed by atoms with Gasteiger partial charge in [0.2, 0.25) is 0 Å². The second-order valence-corrected chi connectivity index (χ2v) is 4.45. The zero-order valence-corrected chi connectivity index (χ0v) is 9.03. The van der Waals surface area contributed by atoms with E-state index >= 15 is 0 Å². The molecule has 0 amide bonds. The van der Waals surface area contributed by atoms with Gasteiger partial charge in [0.15, 0.2) is 0 Å². The third-order valence-corrected chi connectivity index (χ3v) is 3.30. The number of halogens is 3. The van der Waals surface area contributed by atoms with E-state index in [0.29, 0.717) is 16.6 Å².